The number of Topliss-reactive ketones (excluding diaryl/α,β-unsaturated/α-hetero) is 1. The van der Waals surface area contributed by atoms with Crippen molar-refractivity contribution in [2.75, 3.05) is 6.61 Å². The standard InChI is InChI=1S/C14H17BrO3/c1-4-18-13(16)8-12-7-11(6-5-9(12)2)14(17)10(3)15/h5-7,10H,4,8H2,1-3H3. The molecule has 4 heteroatoms. The molecule has 98 valence electrons. The predicted molar refractivity (Wildman–Crippen MR) is 74.2 cm³/mol. The molecule has 0 aliphatic carbocycles. The molecule has 0 radical (unpaired) electrons. The lowest BCUT2D eigenvalue weighted by Gasteiger charge is -2.09. The van der Waals surface area contributed by atoms with Crippen LogP contribution in [0.1, 0.15) is 35.3 Å². The summed E-state index contributed by atoms with van der Waals surface area (Å²) < 4.78 is 4.92. The summed E-state index contributed by atoms with van der Waals surface area (Å²) in [7, 11) is 0. The summed E-state index contributed by atoms with van der Waals surface area (Å²) in [5.41, 5.74) is 2.44. The van der Waals surface area contributed by atoms with Crippen molar-refractivity contribution in [3.05, 3.63) is 34.9 Å². The number of benzene rings is 1. The molecule has 0 aliphatic heterocycles. The first-order valence-electron chi connectivity index (χ1n) is 5.89. The number of aryl methyl sites for hydroxylation is 1. The van der Waals surface area contributed by atoms with Crippen molar-refractivity contribution in [2.45, 2.75) is 32.0 Å². The minimum atomic E-state index is -0.267. The molecule has 1 unspecified atom stereocenters. The molecule has 0 aromatic heterocycles. The number of esters is 1. The molecule has 0 heterocycles. The Morgan fingerprint density at radius 2 is 2.06 bits per heavy atom. The summed E-state index contributed by atoms with van der Waals surface area (Å²) in [6.07, 6.45) is 0.206. The minimum absolute atomic E-state index is 0.0140. The van der Waals surface area contributed by atoms with Gasteiger partial charge in [-0.3, -0.25) is 9.59 Å². The van der Waals surface area contributed by atoms with E-state index in [1.165, 1.54) is 0 Å². The van der Waals surface area contributed by atoms with E-state index in [2.05, 4.69) is 15.9 Å². The van der Waals surface area contributed by atoms with Gasteiger partial charge < -0.3 is 4.74 Å². The summed E-state index contributed by atoms with van der Waals surface area (Å²) in [4.78, 5) is 23.1. The average molecular weight is 313 g/mol. The number of hydrogen-bond donors (Lipinski definition) is 0. The summed E-state index contributed by atoms with van der Waals surface area (Å²) >= 11 is 3.25. The number of ether oxygens (including phenoxy) is 1. The molecule has 1 atom stereocenters. The lowest BCUT2D eigenvalue weighted by atomic mass is 9.99. The zero-order chi connectivity index (χ0) is 13.7. The van der Waals surface area contributed by atoms with Gasteiger partial charge >= 0.3 is 5.97 Å². The van der Waals surface area contributed by atoms with Gasteiger partial charge in [0, 0.05) is 5.56 Å². The fourth-order valence-corrected chi connectivity index (χ4v) is 1.88. The number of halogens is 1. The van der Waals surface area contributed by atoms with E-state index in [0.29, 0.717) is 12.2 Å². The quantitative estimate of drug-likeness (QED) is 0.477. The van der Waals surface area contributed by atoms with Crippen LogP contribution in [-0.4, -0.2) is 23.2 Å². The molecule has 0 N–H and O–H groups in total. The summed E-state index contributed by atoms with van der Waals surface area (Å²) in [6, 6.07) is 5.41. The second-order valence-corrected chi connectivity index (χ2v) is 5.48. The third kappa shape index (κ3) is 3.95. The van der Waals surface area contributed by atoms with Crippen LogP contribution in [0, 0.1) is 6.92 Å². The van der Waals surface area contributed by atoms with Crippen LogP contribution in [0.3, 0.4) is 0 Å². The van der Waals surface area contributed by atoms with E-state index in [0.717, 1.165) is 11.1 Å². The molecule has 0 spiro atoms. The Morgan fingerprint density at radius 1 is 1.39 bits per heavy atom. The summed E-state index contributed by atoms with van der Waals surface area (Å²) in [5.74, 6) is -0.253. The maximum absolute atomic E-state index is 11.9. The van der Waals surface area contributed by atoms with Gasteiger partial charge in [0.25, 0.3) is 0 Å². The first-order valence-corrected chi connectivity index (χ1v) is 6.80. The Hall–Kier alpha value is -1.16. The second kappa shape index (κ2) is 6.69. The van der Waals surface area contributed by atoms with Crippen molar-refractivity contribution in [1.29, 1.82) is 0 Å². The van der Waals surface area contributed by atoms with Crippen molar-refractivity contribution in [1.82, 2.24) is 0 Å². The number of rotatable bonds is 5. The molecular weight excluding hydrogens is 296 g/mol. The highest BCUT2D eigenvalue weighted by Gasteiger charge is 2.14. The molecule has 0 aliphatic rings. The average Bonchev–Trinajstić information content (AvgIpc) is 2.31. The second-order valence-electron chi connectivity index (χ2n) is 4.10. The number of hydrogen-bond acceptors (Lipinski definition) is 3. The molecule has 1 rings (SSSR count). The zero-order valence-corrected chi connectivity index (χ0v) is 12.4. The van der Waals surface area contributed by atoms with Gasteiger partial charge in [0.1, 0.15) is 0 Å². The number of carbonyl (C=O) groups is 2. The summed E-state index contributed by atoms with van der Waals surface area (Å²) in [5, 5.41) is 0. The van der Waals surface area contributed by atoms with E-state index in [1.54, 1.807) is 26.0 Å². The molecule has 3 nitrogen and oxygen atoms in total. The first kappa shape index (κ1) is 14.9. The maximum Gasteiger partial charge on any atom is 0.310 e. The maximum atomic E-state index is 11.9. The van der Waals surface area contributed by atoms with E-state index in [4.69, 9.17) is 4.74 Å². The van der Waals surface area contributed by atoms with Crippen molar-refractivity contribution in [2.24, 2.45) is 0 Å². The van der Waals surface area contributed by atoms with Gasteiger partial charge in [-0.15, -0.1) is 0 Å². The van der Waals surface area contributed by atoms with Crippen LogP contribution in [0.15, 0.2) is 18.2 Å². The van der Waals surface area contributed by atoms with E-state index in [1.807, 2.05) is 13.0 Å². The van der Waals surface area contributed by atoms with Crippen LogP contribution in [0.25, 0.3) is 0 Å². The predicted octanol–water partition coefficient (Wildman–Crippen LogP) is 3.07. The number of alkyl halides is 1. The number of carbonyl (C=O) groups excluding carboxylic acids is 2. The van der Waals surface area contributed by atoms with E-state index in [-0.39, 0.29) is 23.0 Å². The van der Waals surface area contributed by atoms with Gasteiger partial charge in [0.2, 0.25) is 0 Å². The number of ketones is 1. The van der Waals surface area contributed by atoms with Gasteiger partial charge in [-0.05, 0) is 38.0 Å². The zero-order valence-electron chi connectivity index (χ0n) is 10.8. The van der Waals surface area contributed by atoms with Gasteiger partial charge in [0.15, 0.2) is 5.78 Å². The Kier molecular flexibility index (Phi) is 5.54. The SMILES string of the molecule is CCOC(=O)Cc1cc(C(=O)C(C)Br)ccc1C. The highest BCUT2D eigenvalue weighted by atomic mass is 79.9. The molecule has 1 aromatic carbocycles. The van der Waals surface area contributed by atoms with Crippen molar-refractivity contribution in [3.8, 4) is 0 Å². The lowest BCUT2D eigenvalue weighted by molar-refractivity contribution is -0.142. The molecule has 0 bridgehead atoms. The molecule has 18 heavy (non-hydrogen) atoms. The van der Waals surface area contributed by atoms with Gasteiger partial charge in [0.05, 0.1) is 17.9 Å². The van der Waals surface area contributed by atoms with Crippen LogP contribution in [0.5, 0.6) is 0 Å². The van der Waals surface area contributed by atoms with Crippen LogP contribution < -0.4 is 0 Å². The van der Waals surface area contributed by atoms with Gasteiger partial charge in [-0.2, -0.15) is 0 Å². The van der Waals surface area contributed by atoms with Crippen LogP contribution in [-0.2, 0) is 16.0 Å². The van der Waals surface area contributed by atoms with Crippen LogP contribution in [0.2, 0.25) is 0 Å². The first-order chi connectivity index (χ1) is 8.45. The molecule has 0 fully saturated rings. The van der Waals surface area contributed by atoms with Crippen LogP contribution in [0.4, 0.5) is 0 Å². The normalized spacial score (nSPS) is 12.0. The third-order valence-corrected chi connectivity index (χ3v) is 3.05. The van der Waals surface area contributed by atoms with E-state index < -0.39 is 0 Å². The molecule has 0 amide bonds. The summed E-state index contributed by atoms with van der Waals surface area (Å²) in [6.45, 7) is 5.85. The smallest absolute Gasteiger partial charge is 0.310 e. The minimum Gasteiger partial charge on any atom is -0.466 e. The van der Waals surface area contributed by atoms with E-state index >= 15 is 0 Å². The van der Waals surface area contributed by atoms with Crippen molar-refractivity contribution >= 4 is 27.7 Å². The Bertz CT molecular complexity index is 452. The topological polar surface area (TPSA) is 43.4 Å². The Labute approximate surface area is 116 Å². The van der Waals surface area contributed by atoms with Gasteiger partial charge in [-0.1, -0.05) is 28.1 Å². The highest BCUT2D eigenvalue weighted by Crippen LogP contribution is 2.16. The van der Waals surface area contributed by atoms with Crippen molar-refractivity contribution in [3.63, 3.8) is 0 Å². The molecule has 0 saturated carbocycles. The molecule has 0 saturated heterocycles. The fourth-order valence-electron chi connectivity index (χ4n) is 1.61. The fraction of sp³-hybridized carbons (Fsp3) is 0.429. The van der Waals surface area contributed by atoms with E-state index in [9.17, 15) is 9.59 Å². The largest absolute Gasteiger partial charge is 0.466 e. The monoisotopic (exact) mass is 312 g/mol. The lowest BCUT2D eigenvalue weighted by Crippen LogP contribution is -2.12. The molecule has 1 aromatic rings. The highest BCUT2D eigenvalue weighted by molar-refractivity contribution is 9.10. The molecular formula is C14H17BrO3. The third-order valence-electron chi connectivity index (χ3n) is 2.64. The van der Waals surface area contributed by atoms with Gasteiger partial charge in [-0.25, -0.2) is 0 Å². The van der Waals surface area contributed by atoms with Crippen LogP contribution >= 0.6 is 15.9 Å². The Morgan fingerprint density at radius 3 is 2.61 bits per heavy atom. The Balaban J connectivity index is 2.94. The van der Waals surface area contributed by atoms with Crippen molar-refractivity contribution < 1.29 is 14.3 Å².